The maximum absolute atomic E-state index is 6.90. The molecule has 23 heteroatoms. The van der Waals surface area contributed by atoms with Crippen molar-refractivity contribution in [1.29, 1.82) is 0 Å². The summed E-state index contributed by atoms with van der Waals surface area (Å²) in [5, 5.41) is 5.26. The van der Waals surface area contributed by atoms with Gasteiger partial charge in [-0.05, 0) is 69.4 Å². The molecule has 0 atom stereocenters. The summed E-state index contributed by atoms with van der Waals surface area (Å²) in [6.45, 7) is 0. The molecular weight excluding hydrogens is 941 g/mol. The molecule has 0 aliphatic rings. The minimum atomic E-state index is 0.615. The molecule has 358 valence electrons. The molecule has 0 bridgehead atoms. The summed E-state index contributed by atoms with van der Waals surface area (Å²) in [6.07, 6.45) is 0. The molecule has 9 aromatic carbocycles. The number of nitrogens with zero attached hydrogens (tertiary/aromatic N) is 3. The Labute approximate surface area is 480 Å². The average molecular weight is 995 g/mol. The molecule has 0 unspecified atom stereocenters. The third-order valence-corrected chi connectivity index (χ3v) is 19.3. The van der Waals surface area contributed by atoms with Crippen LogP contribution in [0.2, 0.25) is 0 Å². The fourth-order valence-electron chi connectivity index (χ4n) is 13.5. The number of anilines is 3. The fourth-order valence-corrected chi connectivity index (χ4v) is 13.5. The molecule has 5 nitrogen and oxygen atoms in total. The van der Waals surface area contributed by atoms with Crippen LogP contribution in [0.3, 0.4) is 0 Å². The lowest BCUT2D eigenvalue weighted by atomic mass is 9.56. The van der Waals surface area contributed by atoms with Crippen molar-refractivity contribution >= 4 is 311 Å². The summed E-state index contributed by atoms with van der Waals surface area (Å²) in [4.78, 5) is 13.7. The minimum absolute atomic E-state index is 0.615. The van der Waals surface area contributed by atoms with Gasteiger partial charge >= 0.3 is 0 Å². The molecule has 0 saturated heterocycles. The molecule has 12 aromatic rings. The Morgan fingerprint density at radius 2 is 0.759 bits per heavy atom. The molecule has 0 amide bonds. The maximum Gasteiger partial charge on any atom is 0.180 e. The van der Waals surface area contributed by atoms with Crippen LogP contribution >= 0.6 is 0 Å². The number of benzene rings is 9. The van der Waals surface area contributed by atoms with Gasteiger partial charge in [-0.15, -0.1) is 21.9 Å². The molecule has 0 saturated carbocycles. The van der Waals surface area contributed by atoms with Gasteiger partial charge in [-0.3, -0.25) is 0 Å². The summed E-state index contributed by atoms with van der Waals surface area (Å²) in [5.74, 6) is 0.615. The lowest BCUT2D eigenvalue weighted by molar-refractivity contribution is 0.667. The van der Waals surface area contributed by atoms with Gasteiger partial charge in [-0.1, -0.05) is 143 Å². The first kappa shape index (κ1) is 52.6. The van der Waals surface area contributed by atoms with Crippen LogP contribution in [0.1, 0.15) is 0 Å². The third-order valence-electron chi connectivity index (χ3n) is 19.3. The Balaban J connectivity index is 1.13. The molecule has 0 spiro atoms. The van der Waals surface area contributed by atoms with E-state index in [0.717, 1.165) is 66.2 Å². The van der Waals surface area contributed by atoms with Crippen molar-refractivity contribution in [2.45, 2.75) is 0 Å². The van der Waals surface area contributed by atoms with E-state index in [1.807, 2.05) is 18.2 Å². The van der Waals surface area contributed by atoms with Crippen molar-refractivity contribution in [1.82, 2.24) is 9.97 Å². The van der Waals surface area contributed by atoms with Crippen LogP contribution in [0, 0.1) is 0 Å². The van der Waals surface area contributed by atoms with Gasteiger partial charge in [0, 0.05) is 44.3 Å². The van der Waals surface area contributed by atoms with Crippen molar-refractivity contribution in [2.75, 3.05) is 4.90 Å². The highest BCUT2D eigenvalue weighted by Gasteiger charge is 2.31. The summed E-state index contributed by atoms with van der Waals surface area (Å²) in [5.41, 5.74) is 38.9. The molecular formula is C56H53B18N3O2. The van der Waals surface area contributed by atoms with E-state index in [2.05, 4.69) is 231 Å². The summed E-state index contributed by atoms with van der Waals surface area (Å²) >= 11 is 0. The highest BCUT2D eigenvalue weighted by Crippen LogP contribution is 2.42. The van der Waals surface area contributed by atoms with Gasteiger partial charge in [-0.25, -0.2) is 9.97 Å². The Bertz CT molecular complexity index is 4580. The van der Waals surface area contributed by atoms with E-state index in [-0.39, 0.29) is 0 Å². The second kappa shape index (κ2) is 19.3. The van der Waals surface area contributed by atoms with Crippen LogP contribution in [0.5, 0.6) is 0 Å². The molecule has 3 heterocycles. The van der Waals surface area contributed by atoms with Crippen molar-refractivity contribution in [2.24, 2.45) is 0 Å². The third kappa shape index (κ3) is 7.86. The van der Waals surface area contributed by atoms with Gasteiger partial charge in [0.15, 0.2) is 11.4 Å². The normalized spacial score (nSPS) is 11.7. The molecule has 79 heavy (non-hydrogen) atoms. The highest BCUT2D eigenvalue weighted by atomic mass is 16.3. The Kier molecular flexibility index (Phi) is 12.9. The molecule has 0 fully saturated rings. The quantitative estimate of drug-likeness (QED) is 0.149. The standard InChI is InChI=1S/C56H53B18N3O2/c57-32-28(21-16-24(29-22-9-3-5-11-25(22)78-27(29)17-21)56-75-50(20-14-13-18-7-1-2-8-19(18)15-20)55-51(76-56)23-10-4-6-12-26(23)79-55)33(58)45(70)52(44(32)69)77(54-48(73)42(67)41(66)43(68)49(54)74)53-46(71)36(61)31(37(62)47(53)72)30-34(59)38(63)40(65)39(64)35(30)60/h1-17H,57-74H2. The van der Waals surface area contributed by atoms with Crippen molar-refractivity contribution in [3.05, 3.63) is 103 Å². The zero-order valence-corrected chi connectivity index (χ0v) is 49.5. The first-order chi connectivity index (χ1) is 37.7. The van der Waals surface area contributed by atoms with E-state index < -0.39 is 0 Å². The Morgan fingerprint density at radius 1 is 0.329 bits per heavy atom. The number of furan rings is 2. The maximum atomic E-state index is 6.90. The van der Waals surface area contributed by atoms with Gasteiger partial charge in [0.05, 0.1) is 0 Å². The zero-order chi connectivity index (χ0) is 55.9. The van der Waals surface area contributed by atoms with Crippen LogP contribution < -0.4 is 103 Å². The van der Waals surface area contributed by atoms with E-state index in [4.69, 9.17) is 18.8 Å². The Morgan fingerprint density at radius 3 is 1.32 bits per heavy atom. The van der Waals surface area contributed by atoms with Crippen LogP contribution in [-0.4, -0.2) is 151 Å². The van der Waals surface area contributed by atoms with E-state index in [1.165, 1.54) is 137 Å². The highest BCUT2D eigenvalue weighted by molar-refractivity contribution is 6.73. The summed E-state index contributed by atoms with van der Waals surface area (Å²) in [6, 6.07) is 36.1. The molecule has 0 N–H and O–H groups in total. The van der Waals surface area contributed by atoms with E-state index >= 15 is 0 Å². The van der Waals surface area contributed by atoms with E-state index in [1.54, 1.807) is 0 Å². The van der Waals surface area contributed by atoms with Crippen LogP contribution in [0.15, 0.2) is 112 Å². The minimum Gasteiger partial charge on any atom is -0.456 e. The largest absolute Gasteiger partial charge is 0.456 e. The summed E-state index contributed by atoms with van der Waals surface area (Å²) < 4.78 is 13.6. The van der Waals surface area contributed by atoms with Crippen molar-refractivity contribution in [3.8, 4) is 44.9 Å². The van der Waals surface area contributed by atoms with Crippen LogP contribution in [-0.2, 0) is 0 Å². The van der Waals surface area contributed by atoms with Crippen molar-refractivity contribution in [3.63, 3.8) is 0 Å². The monoisotopic (exact) mass is 998 g/mol. The molecule has 0 radical (unpaired) electrons. The summed E-state index contributed by atoms with van der Waals surface area (Å²) in [7, 11) is 41.8. The number of para-hydroxylation sites is 2. The van der Waals surface area contributed by atoms with Crippen molar-refractivity contribution < 1.29 is 8.83 Å². The second-order valence-electron chi connectivity index (χ2n) is 23.0. The molecule has 3 aromatic heterocycles. The smallest absolute Gasteiger partial charge is 0.180 e. The average Bonchev–Trinajstić information content (AvgIpc) is 4.24. The molecule has 0 aliphatic heterocycles. The SMILES string of the molecule is Bc1c(B)c(B)c(-c2c(B)c(B)c(N(c3c(B)c(B)c(B)c(B)c3B)c3c(B)c(B)c(-c4cc(-c5nc(-c6ccc7ccccc7c6)c6oc7ccccc7c6n5)c5c(c4)oc4ccccc45)c(B)c3B)c(B)c2B)c(B)c1B. The van der Waals surface area contributed by atoms with Gasteiger partial charge in [0.1, 0.15) is 169 Å². The number of hydrogen-bond acceptors (Lipinski definition) is 5. The molecule has 12 rings (SSSR count). The second-order valence-corrected chi connectivity index (χ2v) is 23.0. The first-order valence-corrected chi connectivity index (χ1v) is 28.0. The van der Waals surface area contributed by atoms with Gasteiger partial charge < -0.3 is 13.7 Å². The van der Waals surface area contributed by atoms with Gasteiger partial charge in [0.2, 0.25) is 0 Å². The van der Waals surface area contributed by atoms with Crippen LogP contribution in [0.25, 0.3) is 99.7 Å². The zero-order valence-electron chi connectivity index (χ0n) is 49.5. The number of aromatic nitrogens is 2. The van der Waals surface area contributed by atoms with Crippen LogP contribution in [0.4, 0.5) is 17.1 Å². The first-order valence-electron chi connectivity index (χ1n) is 28.0. The predicted molar refractivity (Wildman–Crippen MR) is 398 cm³/mol. The molecule has 0 aliphatic carbocycles. The van der Waals surface area contributed by atoms with Gasteiger partial charge in [-0.2, -0.15) is 0 Å². The topological polar surface area (TPSA) is 55.3 Å². The number of hydrogen-bond donors (Lipinski definition) is 0. The Hall–Kier alpha value is -7.11. The lowest BCUT2D eigenvalue weighted by Crippen LogP contribution is -2.59. The van der Waals surface area contributed by atoms with E-state index in [0.29, 0.717) is 11.4 Å². The number of rotatable bonds is 7. The van der Waals surface area contributed by atoms with E-state index in [9.17, 15) is 0 Å². The van der Waals surface area contributed by atoms with Gasteiger partial charge in [0.25, 0.3) is 0 Å². The predicted octanol–water partition coefficient (Wildman–Crippen LogP) is -15.8. The lowest BCUT2D eigenvalue weighted by Gasteiger charge is -2.39. The fraction of sp³-hybridized carbons (Fsp3) is 0. The number of fused-ring (bicyclic) bond motifs is 7.